The Kier molecular flexibility index (Phi) is 29.3. The molecule has 21 aliphatic heterocycles. The minimum absolute atomic E-state index is 1.74. The molecule has 0 aromatic rings. The van der Waals surface area contributed by atoms with Gasteiger partial charge in [0.05, 0.1) is 46.2 Å². The molecule has 35 atom stereocenters. The Morgan fingerprint density at radius 1 is 0.181 bits per heavy atom. The molecule has 0 aromatic carbocycles. The fourth-order valence-electron chi connectivity index (χ4n) is 11.4. The van der Waals surface area contributed by atoms with Crippen LogP contribution < -0.4 is 0 Å². The molecule has 14 N–H and O–H groups in total. The van der Waals surface area contributed by atoms with Crippen molar-refractivity contribution < 1.29 is 258 Å². The van der Waals surface area contributed by atoms with Gasteiger partial charge in [0.25, 0.3) is 0 Å². The van der Waals surface area contributed by atoms with Gasteiger partial charge in [0.15, 0.2) is 44.0 Å². The normalized spacial score (nSPS) is 44.9. The van der Waals surface area contributed by atoms with Crippen LogP contribution >= 0.6 is 0 Å². The van der Waals surface area contributed by atoms with Crippen LogP contribution in [0.5, 0.6) is 0 Å². The third-order valence-electron chi connectivity index (χ3n) is 16.2. The van der Waals surface area contributed by atoms with Crippen molar-refractivity contribution in [3.63, 3.8) is 0 Å². The van der Waals surface area contributed by atoms with Crippen molar-refractivity contribution in [3.8, 4) is 0 Å². The predicted molar refractivity (Wildman–Crippen MR) is 288 cm³/mol. The maximum atomic E-state index is 11.8. The zero-order valence-electron chi connectivity index (χ0n) is 51.4. The Morgan fingerprint density at radius 3 is 0.362 bits per heavy atom. The minimum atomic E-state index is -5.94. The first-order chi connectivity index (χ1) is 48.2. The van der Waals surface area contributed by atoms with E-state index >= 15 is 0 Å². The third-order valence-corrected chi connectivity index (χ3v) is 19.1. The smallest absolute Gasteiger partial charge is 0.217 e. The Labute approximate surface area is 589 Å². The van der Waals surface area contributed by atoms with Crippen LogP contribution in [0.25, 0.3) is 0 Å². The fraction of sp³-hybridized carbons (Fsp3) is 1.00. The molecule has 14 bridgehead atoms. The molecule has 0 aliphatic carbocycles. The van der Waals surface area contributed by atoms with Crippen molar-refractivity contribution >= 4 is 72.8 Å². The largest absolute Gasteiger partial charge is 0.726 e. The number of hydrogen-bond acceptors (Lipinski definition) is 56. The van der Waals surface area contributed by atoms with Crippen LogP contribution in [-0.4, -0.2) is 423 Å². The van der Waals surface area contributed by atoms with Gasteiger partial charge in [-0.25, -0.2) is 58.9 Å². The highest BCUT2D eigenvalue weighted by Gasteiger charge is 2.60. The molecular formula is C42H63O56S7-7. The first-order valence-corrected chi connectivity index (χ1v) is 38.4. The molecule has 21 saturated heterocycles. The lowest BCUT2D eigenvalue weighted by atomic mass is 9.95. The topological polar surface area (TPSA) is 877 Å². The summed E-state index contributed by atoms with van der Waals surface area (Å²) in [6.07, 6.45) is -95.2. The molecule has 21 aliphatic rings. The van der Waals surface area contributed by atoms with Crippen molar-refractivity contribution in [2.45, 2.75) is 215 Å². The molecule has 0 saturated carbocycles. The predicted octanol–water partition coefficient (Wildman–Crippen LogP) is -18.8. The summed E-state index contributed by atoms with van der Waals surface area (Å²) in [4.78, 5) is 0. The lowest BCUT2D eigenvalue weighted by molar-refractivity contribution is -0.395. The van der Waals surface area contributed by atoms with Crippen LogP contribution in [0.1, 0.15) is 0 Å². The van der Waals surface area contributed by atoms with E-state index < -0.39 is 334 Å². The van der Waals surface area contributed by atoms with Crippen LogP contribution in [-0.2, 0) is 168 Å². The van der Waals surface area contributed by atoms with Gasteiger partial charge in [-0.1, -0.05) is 0 Å². The molecule has 616 valence electrons. The van der Waals surface area contributed by atoms with Gasteiger partial charge < -0.3 is 170 Å². The molecule has 0 radical (unpaired) electrons. The van der Waals surface area contributed by atoms with Crippen LogP contribution in [0, 0.1) is 0 Å². The van der Waals surface area contributed by atoms with Gasteiger partial charge in [0.2, 0.25) is 72.8 Å². The van der Waals surface area contributed by atoms with Crippen LogP contribution in [0.4, 0.5) is 0 Å². The van der Waals surface area contributed by atoms with E-state index in [2.05, 4.69) is 29.3 Å². The van der Waals surface area contributed by atoms with Crippen molar-refractivity contribution in [1.82, 2.24) is 0 Å². The summed E-state index contributed by atoms with van der Waals surface area (Å²) in [6, 6.07) is 0. The van der Waals surface area contributed by atoms with Gasteiger partial charge >= 0.3 is 0 Å². The molecule has 105 heavy (non-hydrogen) atoms. The molecule has 21 fully saturated rings. The van der Waals surface area contributed by atoms with E-state index in [0.29, 0.717) is 0 Å². The molecule has 21 rings (SSSR count). The number of hydrogen-bond donors (Lipinski definition) is 14. The van der Waals surface area contributed by atoms with Gasteiger partial charge in [-0.15, -0.1) is 0 Å². The standard InChI is InChI=1S/C42H70O56S7/c43-15-22(50)36-85-8(1-78-99(57,58)59)29(15)92-37-23(51)16(44)31(10(86-37)3-80-101(63,64)65)94-39-25(53)18(46)33(12(88-39)5-82-103(69,70)71)96-41-27(55)20(48)35(14(90-41)7-84-105(75,76)77)98-42-28(56)21(49)34(13(91-42)6-83-104(72,73)74)97-40-26(54)19(47)32(11(89-40)4-81-102(66,67)68)95-38-24(52)17(45)30(93-36)9(87-38)2-79-100(60,61)62/h8-56H,1-7H2,(H,57,58,59)(H,60,61,62)(H,63,64,65)(H,66,67,68)(H,69,70,71)(H,72,73,74)(H,75,76,77)/p-7/t8?,9?,10?,11?,12?,13?,14?,15?,16?,17?,18?,19?,20?,21?,22?,23?,24?,25?,26?,27?,28?,29-,30-,31-,32-,33-,34-,35-,36-,37-,38-,39-,40-,41-,42+/m1/s1. The van der Waals surface area contributed by atoms with E-state index in [1.807, 2.05) is 0 Å². The second kappa shape index (κ2) is 34.7. The van der Waals surface area contributed by atoms with Crippen LogP contribution in [0.15, 0.2) is 0 Å². The van der Waals surface area contributed by atoms with Gasteiger partial charge in [-0.2, -0.15) is 0 Å². The first-order valence-electron chi connectivity index (χ1n) is 29.1. The summed E-state index contributed by atoms with van der Waals surface area (Å²) in [6.45, 7) is -12.2. The van der Waals surface area contributed by atoms with E-state index in [4.69, 9.17) is 66.3 Å². The molecule has 56 nitrogen and oxygen atoms in total. The van der Waals surface area contributed by atoms with E-state index in [1.165, 1.54) is 0 Å². The highest BCUT2D eigenvalue weighted by atomic mass is 32.3. The molecule has 0 amide bonds. The Balaban J connectivity index is 1.23. The zero-order valence-corrected chi connectivity index (χ0v) is 57.1. The van der Waals surface area contributed by atoms with E-state index in [0.717, 1.165) is 0 Å². The lowest BCUT2D eigenvalue weighted by Crippen LogP contribution is -2.68. The van der Waals surface area contributed by atoms with Gasteiger partial charge in [-0.05, 0) is 0 Å². The second-order valence-corrected chi connectivity index (χ2v) is 30.6. The first kappa shape index (κ1) is 88.5. The monoisotopic (exact) mass is 1690 g/mol. The molecular weight excluding hydrogens is 1620 g/mol. The maximum absolute atomic E-state index is 11.8. The van der Waals surface area contributed by atoms with Gasteiger partial charge in [0.1, 0.15) is 171 Å². The Bertz CT molecular complexity index is 3040. The van der Waals surface area contributed by atoms with E-state index in [1.54, 1.807) is 0 Å². The number of ether oxygens (including phenoxy) is 14. The number of aliphatic hydroxyl groups is 14. The summed E-state index contributed by atoms with van der Waals surface area (Å²) >= 11 is 0. The summed E-state index contributed by atoms with van der Waals surface area (Å²) in [5, 5.41) is 162. The molecule has 63 heteroatoms. The number of aliphatic hydroxyl groups excluding tert-OH is 14. The average molecular weight is 1690 g/mol. The number of rotatable bonds is 21. The summed E-state index contributed by atoms with van der Waals surface area (Å²) in [5.74, 6) is 0. The van der Waals surface area contributed by atoms with Gasteiger partial charge in [-0.3, -0.25) is 29.3 Å². The maximum Gasteiger partial charge on any atom is 0.217 e. The highest BCUT2D eigenvalue weighted by Crippen LogP contribution is 2.40. The molecule has 0 aromatic heterocycles. The summed E-state index contributed by atoms with van der Waals surface area (Å²) in [7, 11) is -41.6. The zero-order chi connectivity index (χ0) is 78.5. The van der Waals surface area contributed by atoms with Crippen molar-refractivity contribution in [2.75, 3.05) is 46.2 Å². The average Bonchev–Trinajstić information content (AvgIpc) is 0.820. The molecule has 0 spiro atoms. The minimum Gasteiger partial charge on any atom is -0.726 e. The summed E-state index contributed by atoms with van der Waals surface area (Å²) in [5.41, 5.74) is 0. The van der Waals surface area contributed by atoms with Crippen LogP contribution in [0.3, 0.4) is 0 Å². The van der Waals surface area contributed by atoms with Crippen molar-refractivity contribution in [1.29, 1.82) is 0 Å². The second-order valence-electron chi connectivity index (χ2n) is 23.2. The molecule has 21 heterocycles. The SMILES string of the molecule is O=S(=O)([O-])OCC1O[C@@H]2O[C@@H]3C(COS(=O)(=O)[O-])O[C@H](O[C@@H]4C(COS(=O)(=O)[O-])O[C@H](O[C@@H]5C(COS(=O)(=O)[O-])O[C@@H](O[C@@H]6C(COS(=O)(=O)[O-])O[C@H](O[C@@H]7C(COS(=O)(=O)[O-])O[C@H](O[C@@H]8C(COS(=O)(=O)[O-])O[C@H](O[C@H]1C(O)C2O)C(O)C8O)C(O)C7O)C(O)C6O)C(O)C5O)C(O)C4O)C(O)C3O. The Morgan fingerprint density at radius 2 is 0.276 bits per heavy atom. The van der Waals surface area contributed by atoms with E-state index in [-0.39, 0.29) is 0 Å². The van der Waals surface area contributed by atoms with E-state index in [9.17, 15) is 162 Å². The Hall–Kier alpha value is -2.03. The van der Waals surface area contributed by atoms with Crippen molar-refractivity contribution in [2.24, 2.45) is 0 Å². The van der Waals surface area contributed by atoms with Crippen molar-refractivity contribution in [3.05, 3.63) is 0 Å². The molecule has 21 unspecified atom stereocenters. The fourth-order valence-corrected chi connectivity index (χ4v) is 13.5. The highest BCUT2D eigenvalue weighted by molar-refractivity contribution is 7.82. The third kappa shape index (κ3) is 23.6. The quantitative estimate of drug-likeness (QED) is 0.0375. The van der Waals surface area contributed by atoms with Gasteiger partial charge in [0, 0.05) is 0 Å². The summed E-state index contributed by atoms with van der Waals surface area (Å²) < 4.78 is 355. The lowest BCUT2D eigenvalue weighted by Gasteiger charge is -2.50. The van der Waals surface area contributed by atoms with Crippen LogP contribution in [0.2, 0.25) is 0 Å².